The molecule has 5 heteroatoms. The van der Waals surface area contributed by atoms with Gasteiger partial charge in [0.25, 0.3) is 0 Å². The van der Waals surface area contributed by atoms with Crippen LogP contribution in [-0.2, 0) is 20.7 Å². The Balaban J connectivity index is 1.91. The molecule has 0 amide bonds. The molecule has 0 radical (unpaired) electrons. The summed E-state index contributed by atoms with van der Waals surface area (Å²) in [5.41, 5.74) is 2.22. The molecular weight excluding hydrogens is 392 g/mol. The Morgan fingerprint density at radius 2 is 2.06 bits per heavy atom. The lowest BCUT2D eigenvalue weighted by Crippen LogP contribution is -2.56. The second-order valence-corrected chi connectivity index (χ2v) is 10.00. The summed E-state index contributed by atoms with van der Waals surface area (Å²) in [6.45, 7) is 10.1. The fraction of sp³-hybridized carbons (Fsp3) is 0.615. The Bertz CT molecular complexity index is 864. The van der Waals surface area contributed by atoms with Crippen molar-refractivity contribution in [2.24, 2.45) is 22.7 Å². The van der Waals surface area contributed by atoms with Crippen molar-refractivity contribution in [1.82, 2.24) is 0 Å². The highest BCUT2D eigenvalue weighted by atomic mass is 16.5. The predicted octanol–water partition coefficient (Wildman–Crippen LogP) is 5.95. The van der Waals surface area contributed by atoms with E-state index in [1.165, 1.54) is 11.6 Å². The van der Waals surface area contributed by atoms with Gasteiger partial charge in [-0.3, -0.25) is 4.79 Å². The molecule has 2 aliphatic carbocycles. The molecule has 0 aliphatic heterocycles. The number of aryl methyl sites for hydroxylation is 1. The van der Waals surface area contributed by atoms with Crippen LogP contribution < -0.4 is 0 Å². The molecule has 0 aromatic carbocycles. The van der Waals surface area contributed by atoms with Gasteiger partial charge in [-0.1, -0.05) is 31.1 Å². The van der Waals surface area contributed by atoms with Gasteiger partial charge in [0.1, 0.15) is 6.10 Å². The average Bonchev–Trinajstić information content (AvgIpc) is 3.20. The van der Waals surface area contributed by atoms with E-state index < -0.39 is 17.5 Å². The lowest BCUT2D eigenvalue weighted by Gasteiger charge is -2.57. The van der Waals surface area contributed by atoms with E-state index in [4.69, 9.17) is 9.15 Å². The van der Waals surface area contributed by atoms with Crippen molar-refractivity contribution in [3.8, 4) is 0 Å². The van der Waals surface area contributed by atoms with Crippen LogP contribution in [0.5, 0.6) is 0 Å². The van der Waals surface area contributed by atoms with E-state index in [0.717, 1.165) is 36.8 Å². The highest BCUT2D eigenvalue weighted by Gasteiger charge is 2.59. The van der Waals surface area contributed by atoms with Crippen LogP contribution in [0.25, 0.3) is 0 Å². The van der Waals surface area contributed by atoms with Crippen LogP contribution >= 0.6 is 0 Å². The summed E-state index contributed by atoms with van der Waals surface area (Å²) in [5.74, 6) is -0.934. The maximum Gasteiger partial charge on any atom is 0.330 e. The van der Waals surface area contributed by atoms with Gasteiger partial charge in [0.15, 0.2) is 0 Å². The lowest BCUT2D eigenvalue weighted by atomic mass is 9.47. The minimum Gasteiger partial charge on any atom is -0.481 e. The van der Waals surface area contributed by atoms with Crippen molar-refractivity contribution >= 4 is 11.9 Å². The zero-order valence-electron chi connectivity index (χ0n) is 19.4. The van der Waals surface area contributed by atoms with Crippen LogP contribution in [0.15, 0.2) is 46.3 Å². The normalized spacial score (nSPS) is 33.4. The third kappa shape index (κ3) is 4.65. The third-order valence-electron chi connectivity index (χ3n) is 7.90. The van der Waals surface area contributed by atoms with Gasteiger partial charge >= 0.3 is 11.9 Å². The number of allylic oxidation sites excluding steroid dienone is 3. The quantitative estimate of drug-likeness (QED) is 0.330. The van der Waals surface area contributed by atoms with Crippen molar-refractivity contribution in [1.29, 1.82) is 0 Å². The molecule has 5 nitrogen and oxygen atoms in total. The van der Waals surface area contributed by atoms with Gasteiger partial charge in [-0.2, -0.15) is 0 Å². The fourth-order valence-electron chi connectivity index (χ4n) is 6.05. The number of hydrogen-bond acceptors (Lipinski definition) is 4. The molecule has 1 aromatic rings. The Morgan fingerprint density at radius 3 is 2.68 bits per heavy atom. The summed E-state index contributed by atoms with van der Waals surface area (Å²) in [7, 11) is 0. The van der Waals surface area contributed by atoms with E-state index in [2.05, 4.69) is 19.9 Å². The topological polar surface area (TPSA) is 76.7 Å². The summed E-state index contributed by atoms with van der Waals surface area (Å²) < 4.78 is 11.1. The van der Waals surface area contributed by atoms with Crippen LogP contribution in [-0.4, -0.2) is 23.1 Å². The van der Waals surface area contributed by atoms with Gasteiger partial charge in [0.05, 0.1) is 17.9 Å². The summed E-state index contributed by atoms with van der Waals surface area (Å²) in [5, 5.41) is 10.2. The first-order valence-corrected chi connectivity index (χ1v) is 11.4. The zero-order valence-corrected chi connectivity index (χ0v) is 19.4. The standard InChI is InChI=1S/C26H36O5/c1-6-17(2)13-23(27)31-20-14-25(4)21(9-8-19-11-12-30-16-19)18(3)7-10-22(25)26(5,15-20)24(28)29/h7,11-13,16,20-22H,6,8-10,14-15H2,1-5H3,(H,28,29)/b17-13+/t20-,21+,22-,25-,26-/m1/s1. The molecule has 1 saturated carbocycles. The number of furan rings is 1. The molecule has 0 saturated heterocycles. The van der Waals surface area contributed by atoms with Gasteiger partial charge in [0.2, 0.25) is 0 Å². The van der Waals surface area contributed by atoms with Gasteiger partial charge in [-0.05, 0) is 81.8 Å². The van der Waals surface area contributed by atoms with Crippen LogP contribution in [0.3, 0.4) is 0 Å². The number of ether oxygens (including phenoxy) is 1. The van der Waals surface area contributed by atoms with Gasteiger partial charge in [-0.15, -0.1) is 0 Å². The molecule has 1 heterocycles. The maximum absolute atomic E-state index is 12.5. The second-order valence-electron chi connectivity index (χ2n) is 10.00. The van der Waals surface area contributed by atoms with Crippen molar-refractivity contribution in [2.45, 2.75) is 79.2 Å². The SMILES string of the molecule is CC/C(C)=C/C(=O)O[C@@H]1C[C@@]2(C)[C@@H](CC=C(C)[C@@H]2CCc2ccoc2)[C@](C)(C(=O)O)C1. The van der Waals surface area contributed by atoms with Crippen molar-refractivity contribution in [3.63, 3.8) is 0 Å². The van der Waals surface area contributed by atoms with Crippen molar-refractivity contribution < 1.29 is 23.8 Å². The van der Waals surface area contributed by atoms with Crippen LogP contribution in [0.1, 0.15) is 72.3 Å². The molecule has 31 heavy (non-hydrogen) atoms. The first-order chi connectivity index (χ1) is 14.6. The molecular formula is C26H36O5. The number of carboxylic acid groups (broad SMARTS) is 1. The molecule has 0 bridgehead atoms. The molecule has 5 atom stereocenters. The van der Waals surface area contributed by atoms with E-state index >= 15 is 0 Å². The molecule has 1 aromatic heterocycles. The minimum atomic E-state index is -0.938. The van der Waals surface area contributed by atoms with E-state index in [0.29, 0.717) is 12.8 Å². The first-order valence-electron chi connectivity index (χ1n) is 11.4. The van der Waals surface area contributed by atoms with E-state index in [-0.39, 0.29) is 23.2 Å². The number of hydrogen-bond donors (Lipinski definition) is 1. The van der Waals surface area contributed by atoms with E-state index in [9.17, 15) is 14.7 Å². The number of carbonyl (C=O) groups excluding carboxylic acids is 1. The number of carbonyl (C=O) groups is 2. The Labute approximate surface area is 185 Å². The summed E-state index contributed by atoms with van der Waals surface area (Å²) in [4.78, 5) is 25.0. The minimum absolute atomic E-state index is 0.00146. The smallest absolute Gasteiger partial charge is 0.330 e. The van der Waals surface area contributed by atoms with Gasteiger partial charge < -0.3 is 14.3 Å². The highest BCUT2D eigenvalue weighted by Crippen LogP contribution is 2.61. The Morgan fingerprint density at radius 1 is 1.32 bits per heavy atom. The Kier molecular flexibility index (Phi) is 6.82. The lowest BCUT2D eigenvalue weighted by molar-refractivity contribution is -0.179. The van der Waals surface area contributed by atoms with Crippen LogP contribution in [0.4, 0.5) is 0 Å². The number of esters is 1. The predicted molar refractivity (Wildman–Crippen MR) is 119 cm³/mol. The maximum atomic E-state index is 12.5. The monoisotopic (exact) mass is 428 g/mol. The summed E-state index contributed by atoms with van der Waals surface area (Å²) in [6, 6.07) is 1.98. The summed E-state index contributed by atoms with van der Waals surface area (Å²) in [6.07, 6.45) is 11.2. The molecule has 1 fully saturated rings. The van der Waals surface area contributed by atoms with Gasteiger partial charge in [0, 0.05) is 12.5 Å². The molecule has 0 unspecified atom stereocenters. The fourth-order valence-corrected chi connectivity index (χ4v) is 6.05. The number of rotatable bonds is 7. The van der Waals surface area contributed by atoms with Crippen LogP contribution in [0.2, 0.25) is 0 Å². The molecule has 1 N–H and O–H groups in total. The number of fused-ring (bicyclic) bond motifs is 1. The second kappa shape index (κ2) is 9.05. The van der Waals surface area contributed by atoms with Crippen LogP contribution in [0, 0.1) is 22.7 Å². The molecule has 3 rings (SSSR count). The van der Waals surface area contributed by atoms with E-state index in [1.807, 2.05) is 26.8 Å². The van der Waals surface area contributed by atoms with Crippen molar-refractivity contribution in [3.05, 3.63) is 47.5 Å². The molecule has 170 valence electrons. The van der Waals surface area contributed by atoms with E-state index in [1.54, 1.807) is 12.5 Å². The highest BCUT2D eigenvalue weighted by molar-refractivity contribution is 5.83. The van der Waals surface area contributed by atoms with Gasteiger partial charge in [-0.25, -0.2) is 4.79 Å². The zero-order chi connectivity index (χ0) is 22.8. The van der Waals surface area contributed by atoms with Crippen molar-refractivity contribution in [2.75, 3.05) is 0 Å². The third-order valence-corrected chi connectivity index (χ3v) is 7.90. The Hall–Kier alpha value is -2.30. The first kappa shape index (κ1) is 23.4. The summed E-state index contributed by atoms with van der Waals surface area (Å²) >= 11 is 0. The largest absolute Gasteiger partial charge is 0.481 e. The molecule has 2 aliphatic rings. The number of aliphatic carboxylic acids is 1. The molecule has 0 spiro atoms. The number of carboxylic acids is 1. The average molecular weight is 429 g/mol.